The van der Waals surface area contributed by atoms with E-state index < -0.39 is 0 Å². The van der Waals surface area contributed by atoms with Crippen molar-refractivity contribution in [1.29, 1.82) is 0 Å². The van der Waals surface area contributed by atoms with Crippen LogP contribution in [0.1, 0.15) is 38.2 Å². The second kappa shape index (κ2) is 10.1. The Morgan fingerprint density at radius 2 is 2.16 bits per heavy atom. The molecule has 0 bridgehead atoms. The highest BCUT2D eigenvalue weighted by Crippen LogP contribution is 2.23. The molecular weight excluding hydrogens is 250 g/mol. The van der Waals surface area contributed by atoms with Crippen molar-refractivity contribution >= 4 is 11.8 Å². The molecule has 0 spiro atoms. The third kappa shape index (κ3) is 6.84. The van der Waals surface area contributed by atoms with Crippen LogP contribution in [0.5, 0.6) is 0 Å². The van der Waals surface area contributed by atoms with Gasteiger partial charge < -0.3 is 5.32 Å². The summed E-state index contributed by atoms with van der Waals surface area (Å²) in [7, 11) is 0. The normalized spacial score (nSPS) is 12.3. The van der Waals surface area contributed by atoms with Crippen LogP contribution in [-0.2, 0) is 0 Å². The van der Waals surface area contributed by atoms with Crippen LogP contribution in [0.25, 0.3) is 0 Å². The number of unbranched alkanes of at least 4 members (excludes halogenated alkanes) is 1. The van der Waals surface area contributed by atoms with E-state index in [2.05, 4.69) is 50.0 Å². The Kier molecular flexibility index (Phi) is 8.68. The lowest BCUT2D eigenvalue weighted by molar-refractivity contribution is 0.506. The topological polar surface area (TPSA) is 12.0 Å². The summed E-state index contributed by atoms with van der Waals surface area (Å²) in [6, 6.07) is 9.26. The summed E-state index contributed by atoms with van der Waals surface area (Å²) in [5, 5.41) is 3.66. The van der Waals surface area contributed by atoms with Crippen molar-refractivity contribution in [2.75, 3.05) is 12.3 Å². The molecule has 1 rings (SSSR count). The van der Waals surface area contributed by atoms with Crippen molar-refractivity contribution in [1.82, 2.24) is 5.32 Å². The van der Waals surface area contributed by atoms with Crippen molar-refractivity contribution in [2.24, 2.45) is 0 Å². The van der Waals surface area contributed by atoms with E-state index in [1.807, 2.05) is 17.8 Å². The molecule has 1 unspecified atom stereocenters. The Bertz CT molecular complexity index is 362. The van der Waals surface area contributed by atoms with Crippen molar-refractivity contribution in [3.63, 3.8) is 0 Å². The number of rotatable bonds is 10. The van der Waals surface area contributed by atoms with E-state index >= 15 is 0 Å². The zero-order valence-corrected chi connectivity index (χ0v) is 13.1. The van der Waals surface area contributed by atoms with Gasteiger partial charge in [0.05, 0.1) is 0 Å². The Morgan fingerprint density at radius 1 is 1.37 bits per heavy atom. The van der Waals surface area contributed by atoms with E-state index in [1.165, 1.54) is 29.7 Å². The van der Waals surface area contributed by atoms with Crippen molar-refractivity contribution in [3.8, 4) is 0 Å². The third-order valence-electron chi connectivity index (χ3n) is 3.18. The van der Waals surface area contributed by atoms with Gasteiger partial charge in [-0.15, -0.1) is 18.3 Å². The molecule has 0 fully saturated rings. The molecular formula is C17H27NS. The standard InChI is InChI=1S/C17H27NS/c1-4-6-7-11-16(18-13-5-2)14-19-17-12-9-8-10-15(17)3/h4,8-10,12,16,18H,1,5-7,11,13-14H2,2-3H3. The molecule has 0 aromatic heterocycles. The minimum atomic E-state index is 0.615. The van der Waals surface area contributed by atoms with Gasteiger partial charge in [0, 0.05) is 16.7 Å². The molecule has 19 heavy (non-hydrogen) atoms. The van der Waals surface area contributed by atoms with Gasteiger partial charge in [0.2, 0.25) is 0 Å². The lowest BCUT2D eigenvalue weighted by Gasteiger charge is -2.18. The van der Waals surface area contributed by atoms with Gasteiger partial charge in [-0.25, -0.2) is 0 Å². The van der Waals surface area contributed by atoms with Gasteiger partial charge in [0.25, 0.3) is 0 Å². The number of nitrogens with one attached hydrogen (secondary N) is 1. The van der Waals surface area contributed by atoms with Gasteiger partial charge in [0.1, 0.15) is 0 Å². The van der Waals surface area contributed by atoms with Gasteiger partial charge in [0.15, 0.2) is 0 Å². The lowest BCUT2D eigenvalue weighted by atomic mass is 10.1. The molecule has 0 aliphatic carbocycles. The number of hydrogen-bond acceptors (Lipinski definition) is 2. The van der Waals surface area contributed by atoms with E-state index in [9.17, 15) is 0 Å². The highest BCUT2D eigenvalue weighted by Gasteiger charge is 2.08. The maximum absolute atomic E-state index is 3.80. The Morgan fingerprint density at radius 3 is 2.84 bits per heavy atom. The number of benzene rings is 1. The average molecular weight is 277 g/mol. The predicted molar refractivity (Wildman–Crippen MR) is 88.0 cm³/mol. The van der Waals surface area contributed by atoms with E-state index in [4.69, 9.17) is 0 Å². The molecule has 1 aromatic rings. The van der Waals surface area contributed by atoms with Crippen LogP contribution < -0.4 is 5.32 Å². The second-order valence-electron chi connectivity index (χ2n) is 4.95. The summed E-state index contributed by atoms with van der Waals surface area (Å²) in [4.78, 5) is 1.41. The summed E-state index contributed by atoms with van der Waals surface area (Å²) in [6.45, 7) is 9.33. The number of hydrogen-bond donors (Lipinski definition) is 1. The average Bonchev–Trinajstić information content (AvgIpc) is 2.43. The smallest absolute Gasteiger partial charge is 0.0161 e. The Hall–Kier alpha value is -0.730. The first-order valence-electron chi connectivity index (χ1n) is 7.30. The zero-order chi connectivity index (χ0) is 13.9. The molecule has 0 saturated heterocycles. The first kappa shape index (κ1) is 16.3. The Labute approximate surface area is 122 Å². The van der Waals surface area contributed by atoms with Crippen LogP contribution in [0, 0.1) is 6.92 Å². The summed E-state index contributed by atoms with van der Waals surface area (Å²) >= 11 is 1.98. The second-order valence-corrected chi connectivity index (χ2v) is 6.01. The SMILES string of the molecule is C=CCCCC(CSc1ccccc1C)NCCC. The monoisotopic (exact) mass is 277 g/mol. The van der Waals surface area contributed by atoms with Crippen LogP contribution in [-0.4, -0.2) is 18.3 Å². The number of allylic oxidation sites excluding steroid dienone is 1. The number of thioether (sulfide) groups is 1. The van der Waals surface area contributed by atoms with Gasteiger partial charge in [-0.05, 0) is 50.8 Å². The van der Waals surface area contributed by atoms with E-state index in [-0.39, 0.29) is 0 Å². The van der Waals surface area contributed by atoms with Gasteiger partial charge >= 0.3 is 0 Å². The highest BCUT2D eigenvalue weighted by atomic mass is 32.2. The predicted octanol–water partition coefficient (Wildman–Crippen LogP) is 4.81. The maximum Gasteiger partial charge on any atom is 0.0161 e. The van der Waals surface area contributed by atoms with Crippen molar-refractivity contribution < 1.29 is 0 Å². The van der Waals surface area contributed by atoms with Gasteiger partial charge in [-0.3, -0.25) is 0 Å². The molecule has 0 amide bonds. The maximum atomic E-state index is 3.80. The fourth-order valence-electron chi connectivity index (χ4n) is 2.01. The molecule has 1 atom stereocenters. The van der Waals surface area contributed by atoms with Crippen LogP contribution in [0.2, 0.25) is 0 Å². The minimum absolute atomic E-state index is 0.615. The van der Waals surface area contributed by atoms with Crippen LogP contribution in [0.3, 0.4) is 0 Å². The lowest BCUT2D eigenvalue weighted by Crippen LogP contribution is -2.31. The first-order valence-corrected chi connectivity index (χ1v) is 8.29. The van der Waals surface area contributed by atoms with Crippen molar-refractivity contribution in [2.45, 2.75) is 50.5 Å². The van der Waals surface area contributed by atoms with E-state index in [0.29, 0.717) is 6.04 Å². The van der Waals surface area contributed by atoms with Crippen LogP contribution >= 0.6 is 11.8 Å². The third-order valence-corrected chi connectivity index (χ3v) is 4.52. The van der Waals surface area contributed by atoms with Crippen molar-refractivity contribution in [3.05, 3.63) is 42.5 Å². The summed E-state index contributed by atoms with van der Waals surface area (Å²) in [5.74, 6) is 1.15. The fraction of sp³-hybridized carbons (Fsp3) is 0.529. The van der Waals surface area contributed by atoms with Gasteiger partial charge in [-0.2, -0.15) is 0 Å². The summed E-state index contributed by atoms with van der Waals surface area (Å²) < 4.78 is 0. The van der Waals surface area contributed by atoms with Crippen LogP contribution in [0.15, 0.2) is 41.8 Å². The minimum Gasteiger partial charge on any atom is -0.313 e. The molecule has 1 N–H and O–H groups in total. The molecule has 0 saturated carbocycles. The largest absolute Gasteiger partial charge is 0.313 e. The molecule has 106 valence electrons. The molecule has 0 aliphatic heterocycles. The summed E-state index contributed by atoms with van der Waals surface area (Å²) in [5.41, 5.74) is 1.38. The Balaban J connectivity index is 2.42. The first-order chi connectivity index (χ1) is 9.27. The molecule has 2 heteroatoms. The van der Waals surface area contributed by atoms with E-state index in [0.717, 1.165) is 18.7 Å². The molecule has 0 radical (unpaired) electrons. The molecule has 1 nitrogen and oxygen atoms in total. The number of aryl methyl sites for hydroxylation is 1. The van der Waals surface area contributed by atoms with E-state index in [1.54, 1.807) is 0 Å². The zero-order valence-electron chi connectivity index (χ0n) is 12.3. The van der Waals surface area contributed by atoms with Gasteiger partial charge in [-0.1, -0.05) is 31.2 Å². The van der Waals surface area contributed by atoms with Crippen LogP contribution in [0.4, 0.5) is 0 Å². The quantitative estimate of drug-likeness (QED) is 0.374. The fourth-order valence-corrected chi connectivity index (χ4v) is 3.15. The highest BCUT2D eigenvalue weighted by molar-refractivity contribution is 7.99. The molecule has 1 aromatic carbocycles. The molecule has 0 aliphatic rings. The summed E-state index contributed by atoms with van der Waals surface area (Å²) in [6.07, 6.45) is 6.82. The molecule has 0 heterocycles.